The van der Waals surface area contributed by atoms with Crippen LogP contribution in [-0.4, -0.2) is 60.0 Å². The molecule has 4 nitrogen and oxygen atoms in total. The Morgan fingerprint density at radius 3 is 2.55 bits per heavy atom. The van der Waals surface area contributed by atoms with Crippen molar-refractivity contribution in [2.45, 2.75) is 75.9 Å². The molecule has 4 fully saturated rings. The molecule has 4 atom stereocenters. The number of nitrogens with zero attached hydrogens (tertiary/aromatic N) is 2. The summed E-state index contributed by atoms with van der Waals surface area (Å²) >= 11 is 0. The molecule has 1 amide bonds. The van der Waals surface area contributed by atoms with Gasteiger partial charge in [-0.05, 0) is 57.5 Å². The fraction of sp³-hybridized carbons (Fsp3) is 0.944. The summed E-state index contributed by atoms with van der Waals surface area (Å²) in [5.74, 6) is 1.16. The Labute approximate surface area is 134 Å². The van der Waals surface area contributed by atoms with Crippen LogP contribution >= 0.6 is 0 Å². The monoisotopic (exact) mass is 305 g/mol. The van der Waals surface area contributed by atoms with Gasteiger partial charge in [0.05, 0.1) is 6.04 Å². The summed E-state index contributed by atoms with van der Waals surface area (Å²) in [7, 11) is 0. The Balaban J connectivity index is 1.32. The highest BCUT2D eigenvalue weighted by Gasteiger charge is 2.41. The summed E-state index contributed by atoms with van der Waals surface area (Å²) in [5.41, 5.74) is 0. The van der Waals surface area contributed by atoms with E-state index < -0.39 is 0 Å². The predicted octanol–water partition coefficient (Wildman–Crippen LogP) is 1.99. The lowest BCUT2D eigenvalue weighted by Gasteiger charge is -2.32. The summed E-state index contributed by atoms with van der Waals surface area (Å²) in [6, 6.07) is 1.38. The van der Waals surface area contributed by atoms with Gasteiger partial charge in [-0.25, -0.2) is 0 Å². The van der Waals surface area contributed by atoms with E-state index in [0.717, 1.165) is 25.4 Å². The standard InChI is InChI=1S/C18H31N3O/c22-18(17-12-14-6-2-3-7-16(14)19-17)21-11-8-15(13-21)20-9-4-1-5-10-20/h14-17,19H,1-13H2. The summed E-state index contributed by atoms with van der Waals surface area (Å²) in [6.07, 6.45) is 11.7. The van der Waals surface area contributed by atoms with Gasteiger partial charge in [0.25, 0.3) is 0 Å². The molecule has 3 aliphatic heterocycles. The van der Waals surface area contributed by atoms with Crippen molar-refractivity contribution in [1.82, 2.24) is 15.1 Å². The Kier molecular flexibility index (Phi) is 4.40. The Hall–Kier alpha value is -0.610. The first-order valence-corrected chi connectivity index (χ1v) is 9.60. The van der Waals surface area contributed by atoms with E-state index in [9.17, 15) is 4.79 Å². The van der Waals surface area contributed by atoms with Gasteiger partial charge >= 0.3 is 0 Å². The molecule has 0 bridgehead atoms. The molecule has 124 valence electrons. The normalized spacial score (nSPS) is 39.9. The van der Waals surface area contributed by atoms with Gasteiger partial charge in [0.15, 0.2) is 0 Å². The highest BCUT2D eigenvalue weighted by atomic mass is 16.2. The average molecular weight is 305 g/mol. The van der Waals surface area contributed by atoms with E-state index in [1.54, 1.807) is 0 Å². The minimum atomic E-state index is 0.119. The maximum absolute atomic E-state index is 12.9. The number of carbonyl (C=O) groups excluding carboxylic acids is 1. The molecular weight excluding hydrogens is 274 g/mol. The van der Waals surface area contributed by atoms with Crippen LogP contribution < -0.4 is 5.32 Å². The van der Waals surface area contributed by atoms with Crippen LogP contribution in [0.3, 0.4) is 0 Å². The number of nitrogens with one attached hydrogen (secondary N) is 1. The summed E-state index contributed by atoms with van der Waals surface area (Å²) in [5, 5.41) is 3.66. The molecule has 3 heterocycles. The lowest BCUT2D eigenvalue weighted by atomic mass is 9.85. The molecule has 0 aromatic heterocycles. The van der Waals surface area contributed by atoms with Crippen LogP contribution in [0.4, 0.5) is 0 Å². The van der Waals surface area contributed by atoms with Gasteiger partial charge in [-0.2, -0.15) is 0 Å². The van der Waals surface area contributed by atoms with Crippen molar-refractivity contribution in [3.63, 3.8) is 0 Å². The quantitative estimate of drug-likeness (QED) is 0.847. The lowest BCUT2D eigenvalue weighted by molar-refractivity contribution is -0.132. The zero-order valence-electron chi connectivity index (χ0n) is 13.8. The molecule has 0 aromatic carbocycles. The molecule has 22 heavy (non-hydrogen) atoms. The van der Waals surface area contributed by atoms with Crippen molar-refractivity contribution < 1.29 is 4.79 Å². The van der Waals surface area contributed by atoms with Crippen LogP contribution in [0.25, 0.3) is 0 Å². The van der Waals surface area contributed by atoms with Gasteiger partial charge in [0, 0.05) is 25.2 Å². The first-order valence-electron chi connectivity index (χ1n) is 9.60. The van der Waals surface area contributed by atoms with Gasteiger partial charge in [-0.1, -0.05) is 19.3 Å². The number of fused-ring (bicyclic) bond motifs is 1. The van der Waals surface area contributed by atoms with Gasteiger partial charge < -0.3 is 10.2 Å². The second-order valence-electron chi connectivity index (χ2n) is 7.93. The maximum atomic E-state index is 12.9. The fourth-order valence-corrected chi connectivity index (χ4v) is 5.25. The Bertz CT molecular complexity index is 393. The molecule has 0 aromatic rings. The molecule has 0 spiro atoms. The first kappa shape index (κ1) is 14.9. The van der Waals surface area contributed by atoms with Gasteiger partial charge in [0.2, 0.25) is 5.91 Å². The van der Waals surface area contributed by atoms with Crippen molar-refractivity contribution in [3.8, 4) is 0 Å². The van der Waals surface area contributed by atoms with E-state index in [2.05, 4.69) is 15.1 Å². The van der Waals surface area contributed by atoms with Crippen molar-refractivity contribution in [3.05, 3.63) is 0 Å². The zero-order chi connectivity index (χ0) is 14.9. The third kappa shape index (κ3) is 2.92. The van der Waals surface area contributed by atoms with E-state index in [1.807, 2.05) is 0 Å². The fourth-order valence-electron chi connectivity index (χ4n) is 5.25. The second kappa shape index (κ2) is 6.48. The number of piperidine rings is 1. The highest BCUT2D eigenvalue weighted by Crippen LogP contribution is 2.34. The number of hydrogen-bond acceptors (Lipinski definition) is 3. The highest BCUT2D eigenvalue weighted by molar-refractivity contribution is 5.82. The van der Waals surface area contributed by atoms with Crippen molar-refractivity contribution in [2.75, 3.05) is 26.2 Å². The van der Waals surface area contributed by atoms with Crippen molar-refractivity contribution >= 4 is 5.91 Å². The molecule has 4 rings (SSSR count). The SMILES string of the molecule is O=C(C1CC2CCCCC2N1)N1CCC(N2CCCCC2)C1. The zero-order valence-corrected chi connectivity index (χ0v) is 13.8. The lowest BCUT2D eigenvalue weighted by Crippen LogP contribution is -2.46. The predicted molar refractivity (Wildman–Crippen MR) is 87.7 cm³/mol. The molecule has 4 unspecified atom stereocenters. The molecular formula is C18H31N3O. The second-order valence-corrected chi connectivity index (χ2v) is 7.93. The Morgan fingerprint density at radius 1 is 0.909 bits per heavy atom. The number of likely N-dealkylation sites (tertiary alicyclic amines) is 2. The summed E-state index contributed by atoms with van der Waals surface area (Å²) in [4.78, 5) is 17.7. The summed E-state index contributed by atoms with van der Waals surface area (Å²) < 4.78 is 0. The van der Waals surface area contributed by atoms with Crippen molar-refractivity contribution in [1.29, 1.82) is 0 Å². The smallest absolute Gasteiger partial charge is 0.239 e. The van der Waals surface area contributed by atoms with E-state index >= 15 is 0 Å². The largest absolute Gasteiger partial charge is 0.340 e. The molecule has 1 saturated carbocycles. The molecule has 0 radical (unpaired) electrons. The third-order valence-electron chi connectivity index (χ3n) is 6.54. The molecule has 3 saturated heterocycles. The first-order chi connectivity index (χ1) is 10.8. The van der Waals surface area contributed by atoms with Crippen LogP contribution in [-0.2, 0) is 4.79 Å². The Morgan fingerprint density at radius 2 is 1.73 bits per heavy atom. The molecule has 4 aliphatic rings. The number of hydrogen-bond donors (Lipinski definition) is 1. The minimum absolute atomic E-state index is 0.119. The number of amides is 1. The van der Waals surface area contributed by atoms with Crippen molar-refractivity contribution in [2.24, 2.45) is 5.92 Å². The molecule has 4 heteroatoms. The van der Waals surface area contributed by atoms with Crippen LogP contribution in [0, 0.1) is 5.92 Å². The average Bonchev–Trinajstić information content (AvgIpc) is 3.22. The minimum Gasteiger partial charge on any atom is -0.340 e. The van der Waals surface area contributed by atoms with Crippen LogP contribution in [0.5, 0.6) is 0 Å². The molecule has 1 N–H and O–H groups in total. The van der Waals surface area contributed by atoms with E-state index in [0.29, 0.717) is 18.0 Å². The van der Waals surface area contributed by atoms with Gasteiger partial charge in [-0.15, -0.1) is 0 Å². The van der Waals surface area contributed by atoms with Crippen LogP contribution in [0.2, 0.25) is 0 Å². The maximum Gasteiger partial charge on any atom is 0.239 e. The third-order valence-corrected chi connectivity index (χ3v) is 6.54. The van der Waals surface area contributed by atoms with E-state index in [-0.39, 0.29) is 6.04 Å². The van der Waals surface area contributed by atoms with Crippen LogP contribution in [0.15, 0.2) is 0 Å². The van der Waals surface area contributed by atoms with Gasteiger partial charge in [0.1, 0.15) is 0 Å². The number of rotatable bonds is 2. The van der Waals surface area contributed by atoms with E-state index in [1.165, 1.54) is 64.5 Å². The van der Waals surface area contributed by atoms with E-state index in [4.69, 9.17) is 0 Å². The summed E-state index contributed by atoms with van der Waals surface area (Å²) in [6.45, 7) is 4.46. The van der Waals surface area contributed by atoms with Gasteiger partial charge in [-0.3, -0.25) is 9.69 Å². The van der Waals surface area contributed by atoms with Crippen LogP contribution in [0.1, 0.15) is 57.8 Å². The topological polar surface area (TPSA) is 35.6 Å². The molecule has 1 aliphatic carbocycles. The number of carbonyl (C=O) groups is 1.